The number of nitrogens with two attached hydrogens (primary N) is 1. The van der Waals surface area contributed by atoms with E-state index in [1.807, 2.05) is 6.92 Å². The van der Waals surface area contributed by atoms with Crippen LogP contribution in [0.5, 0.6) is 0 Å². The molecule has 1 heterocycles. The van der Waals surface area contributed by atoms with Crippen molar-refractivity contribution in [1.29, 1.82) is 0 Å². The number of aryl methyl sites for hydroxylation is 1. The number of hydrogen-bond acceptors (Lipinski definition) is 4. The van der Waals surface area contributed by atoms with Gasteiger partial charge in [0.2, 0.25) is 0 Å². The molecule has 5 nitrogen and oxygen atoms in total. The van der Waals surface area contributed by atoms with Gasteiger partial charge in [-0.15, -0.1) is 0 Å². The summed E-state index contributed by atoms with van der Waals surface area (Å²) in [5.74, 6) is 5.92. The molecule has 0 spiro atoms. The van der Waals surface area contributed by atoms with Crippen LogP contribution in [0.2, 0.25) is 0 Å². The molecule has 104 valence electrons. The van der Waals surface area contributed by atoms with Crippen LogP contribution in [0.15, 0.2) is 6.33 Å². The van der Waals surface area contributed by atoms with Crippen molar-refractivity contribution < 1.29 is 13.2 Å². The number of hydrazine groups is 1. The van der Waals surface area contributed by atoms with Gasteiger partial charge in [0.1, 0.15) is 12.2 Å². The third-order valence-corrected chi connectivity index (χ3v) is 2.57. The average molecular weight is 265 g/mol. The first-order chi connectivity index (χ1) is 8.46. The predicted octanol–water partition coefficient (Wildman–Crippen LogP) is 1.41. The van der Waals surface area contributed by atoms with Crippen molar-refractivity contribution in [2.75, 3.05) is 0 Å². The summed E-state index contributed by atoms with van der Waals surface area (Å²) in [4.78, 5) is 4.04. The van der Waals surface area contributed by atoms with Gasteiger partial charge in [0, 0.05) is 25.4 Å². The highest BCUT2D eigenvalue weighted by Crippen LogP contribution is 2.22. The quantitative estimate of drug-likeness (QED) is 0.577. The fourth-order valence-corrected chi connectivity index (χ4v) is 1.65. The summed E-state index contributed by atoms with van der Waals surface area (Å²) >= 11 is 0. The van der Waals surface area contributed by atoms with Crippen LogP contribution < -0.4 is 11.3 Å². The summed E-state index contributed by atoms with van der Waals surface area (Å²) in [6.07, 6.45) is -2.45. The normalized spacial score (nSPS) is 13.8. The molecule has 1 atom stereocenters. The number of nitrogens with one attached hydrogen (secondary N) is 1. The van der Waals surface area contributed by atoms with E-state index in [9.17, 15) is 13.2 Å². The zero-order chi connectivity index (χ0) is 13.6. The summed E-state index contributed by atoms with van der Waals surface area (Å²) in [7, 11) is 0. The lowest BCUT2D eigenvalue weighted by atomic mass is 10.1. The maximum absolute atomic E-state index is 12.1. The Balaban J connectivity index is 2.54. The van der Waals surface area contributed by atoms with Crippen LogP contribution in [0, 0.1) is 0 Å². The monoisotopic (exact) mass is 265 g/mol. The number of hydrogen-bond donors (Lipinski definition) is 2. The van der Waals surface area contributed by atoms with Gasteiger partial charge in [-0.1, -0.05) is 6.92 Å². The molecule has 0 amide bonds. The maximum atomic E-state index is 12.1. The Hall–Kier alpha value is -1.15. The molecular weight excluding hydrogens is 247 g/mol. The topological polar surface area (TPSA) is 68.8 Å². The molecule has 8 heteroatoms. The van der Waals surface area contributed by atoms with Crippen LogP contribution in [0.1, 0.15) is 32.0 Å². The number of aromatic nitrogens is 3. The molecule has 1 aromatic heterocycles. The van der Waals surface area contributed by atoms with E-state index in [4.69, 9.17) is 5.84 Å². The first kappa shape index (κ1) is 14.9. The second-order valence-electron chi connectivity index (χ2n) is 4.12. The molecular formula is C10H18F3N5. The smallest absolute Gasteiger partial charge is 0.271 e. The van der Waals surface area contributed by atoms with Crippen molar-refractivity contribution in [1.82, 2.24) is 20.2 Å². The Bertz CT molecular complexity index is 350. The standard InChI is InChI=1S/C10H18F3N5/c1-2-5-18-9(15-7-16-18)6-8(17-14)3-4-10(11,12)13/h7-8,17H,2-6,14H2,1H3. The summed E-state index contributed by atoms with van der Waals surface area (Å²) in [6.45, 7) is 2.69. The highest BCUT2D eigenvalue weighted by atomic mass is 19.4. The average Bonchev–Trinajstić information content (AvgIpc) is 2.71. The van der Waals surface area contributed by atoms with E-state index in [1.165, 1.54) is 6.33 Å². The summed E-state index contributed by atoms with van der Waals surface area (Å²) in [5.41, 5.74) is 2.40. The van der Waals surface area contributed by atoms with Gasteiger partial charge < -0.3 is 0 Å². The van der Waals surface area contributed by atoms with Gasteiger partial charge in [-0.05, 0) is 12.8 Å². The number of nitrogens with zero attached hydrogens (tertiary/aromatic N) is 3. The highest BCUT2D eigenvalue weighted by Gasteiger charge is 2.28. The van der Waals surface area contributed by atoms with Crippen LogP contribution in [0.4, 0.5) is 13.2 Å². The highest BCUT2D eigenvalue weighted by molar-refractivity contribution is 4.89. The first-order valence-corrected chi connectivity index (χ1v) is 5.85. The van der Waals surface area contributed by atoms with E-state index >= 15 is 0 Å². The maximum Gasteiger partial charge on any atom is 0.389 e. The number of halogens is 3. The van der Waals surface area contributed by atoms with Crippen molar-refractivity contribution in [3.8, 4) is 0 Å². The molecule has 0 fully saturated rings. The van der Waals surface area contributed by atoms with E-state index < -0.39 is 18.6 Å². The molecule has 3 N–H and O–H groups in total. The van der Waals surface area contributed by atoms with Gasteiger partial charge in [-0.2, -0.15) is 18.3 Å². The Kier molecular flexibility index (Phi) is 5.54. The first-order valence-electron chi connectivity index (χ1n) is 5.85. The minimum absolute atomic E-state index is 0.0705. The molecule has 0 bridgehead atoms. The molecule has 1 aromatic rings. The molecule has 18 heavy (non-hydrogen) atoms. The predicted molar refractivity (Wildman–Crippen MR) is 60.4 cm³/mol. The minimum atomic E-state index is -4.16. The van der Waals surface area contributed by atoms with Gasteiger partial charge in [0.15, 0.2) is 0 Å². The Morgan fingerprint density at radius 1 is 1.50 bits per heavy atom. The fourth-order valence-electron chi connectivity index (χ4n) is 1.65. The molecule has 0 aliphatic rings. The Labute approximate surface area is 104 Å². The van der Waals surface area contributed by atoms with Crippen molar-refractivity contribution >= 4 is 0 Å². The second-order valence-corrected chi connectivity index (χ2v) is 4.12. The van der Waals surface area contributed by atoms with Crippen LogP contribution in [-0.4, -0.2) is 27.0 Å². The minimum Gasteiger partial charge on any atom is -0.271 e. The Morgan fingerprint density at radius 3 is 2.78 bits per heavy atom. The van der Waals surface area contributed by atoms with Gasteiger partial charge in [-0.3, -0.25) is 16.0 Å². The molecule has 0 saturated carbocycles. The van der Waals surface area contributed by atoms with Gasteiger partial charge in [-0.25, -0.2) is 4.98 Å². The molecule has 0 aromatic carbocycles. The summed E-state index contributed by atoms with van der Waals surface area (Å²) in [5, 5.41) is 4.02. The fraction of sp³-hybridized carbons (Fsp3) is 0.800. The zero-order valence-corrected chi connectivity index (χ0v) is 10.2. The van der Waals surface area contributed by atoms with E-state index in [-0.39, 0.29) is 6.42 Å². The lowest BCUT2D eigenvalue weighted by Gasteiger charge is -2.16. The second kappa shape index (κ2) is 6.69. The van der Waals surface area contributed by atoms with Crippen molar-refractivity contribution in [2.45, 2.75) is 51.4 Å². The Morgan fingerprint density at radius 2 is 2.22 bits per heavy atom. The number of rotatable bonds is 7. The van der Waals surface area contributed by atoms with Crippen molar-refractivity contribution in [2.24, 2.45) is 5.84 Å². The largest absolute Gasteiger partial charge is 0.389 e. The third-order valence-electron chi connectivity index (χ3n) is 2.57. The van der Waals surface area contributed by atoms with Gasteiger partial charge in [0.25, 0.3) is 0 Å². The molecule has 0 radical (unpaired) electrons. The van der Waals surface area contributed by atoms with E-state index in [0.29, 0.717) is 18.8 Å². The van der Waals surface area contributed by atoms with Crippen molar-refractivity contribution in [3.05, 3.63) is 12.2 Å². The molecule has 0 aliphatic carbocycles. The SMILES string of the molecule is CCCn1ncnc1CC(CCC(F)(F)F)NN. The van der Waals surface area contributed by atoms with Crippen LogP contribution in [0.3, 0.4) is 0 Å². The van der Waals surface area contributed by atoms with Crippen LogP contribution in [-0.2, 0) is 13.0 Å². The van der Waals surface area contributed by atoms with Crippen LogP contribution >= 0.6 is 0 Å². The molecule has 1 rings (SSSR count). The van der Waals surface area contributed by atoms with Crippen molar-refractivity contribution in [3.63, 3.8) is 0 Å². The lowest BCUT2D eigenvalue weighted by Crippen LogP contribution is -2.38. The van der Waals surface area contributed by atoms with Crippen LogP contribution in [0.25, 0.3) is 0 Å². The molecule has 0 aliphatic heterocycles. The summed E-state index contributed by atoms with van der Waals surface area (Å²) in [6, 6.07) is -0.452. The van der Waals surface area contributed by atoms with E-state index in [2.05, 4.69) is 15.5 Å². The molecule has 0 saturated heterocycles. The molecule has 1 unspecified atom stereocenters. The lowest BCUT2D eigenvalue weighted by molar-refractivity contribution is -0.136. The number of alkyl halides is 3. The zero-order valence-electron chi connectivity index (χ0n) is 10.2. The third kappa shape index (κ3) is 5.01. The van der Waals surface area contributed by atoms with Gasteiger partial charge >= 0.3 is 6.18 Å². The summed E-state index contributed by atoms with van der Waals surface area (Å²) < 4.78 is 38.1. The van der Waals surface area contributed by atoms with E-state index in [1.54, 1.807) is 4.68 Å². The van der Waals surface area contributed by atoms with E-state index in [0.717, 1.165) is 6.42 Å². The van der Waals surface area contributed by atoms with Gasteiger partial charge in [0.05, 0.1) is 0 Å².